The van der Waals surface area contributed by atoms with Gasteiger partial charge in [0, 0.05) is 6.04 Å². The van der Waals surface area contributed by atoms with Crippen LogP contribution in [0.5, 0.6) is 0 Å². The van der Waals surface area contributed by atoms with Crippen LogP contribution in [-0.2, 0) is 12.8 Å². The number of carboxylic acids is 1. The number of carboxylic acid groups (broad SMARTS) is 1. The number of nitrogens with one attached hydrogen (secondary N) is 1. The van der Waals surface area contributed by atoms with Gasteiger partial charge in [-0.25, -0.2) is 4.79 Å². The van der Waals surface area contributed by atoms with E-state index in [1.165, 1.54) is 0 Å². The molecule has 0 amide bonds. The number of aromatic carboxylic acids is 1. The lowest BCUT2D eigenvalue weighted by atomic mass is 9.88. The summed E-state index contributed by atoms with van der Waals surface area (Å²) in [7, 11) is 0. The van der Waals surface area contributed by atoms with Crippen LogP contribution in [0.15, 0.2) is 0 Å². The third kappa shape index (κ3) is 3.46. The van der Waals surface area contributed by atoms with Crippen molar-refractivity contribution in [1.29, 1.82) is 0 Å². The molecule has 1 rings (SSSR count). The summed E-state index contributed by atoms with van der Waals surface area (Å²) in [5, 5.41) is 21.0. The number of aryl methyl sites for hydroxylation is 1. The second kappa shape index (κ2) is 6.20. The van der Waals surface area contributed by atoms with Gasteiger partial charge in [-0.3, -0.25) is 0 Å². The number of carbonyl (C=O) groups is 1. The van der Waals surface area contributed by atoms with Crippen molar-refractivity contribution in [2.45, 2.75) is 60.4 Å². The Hall–Kier alpha value is -1.65. The smallest absolute Gasteiger partial charge is 0.339 e. The highest BCUT2D eigenvalue weighted by atomic mass is 16.4. The van der Waals surface area contributed by atoms with Crippen molar-refractivity contribution in [3.05, 3.63) is 16.8 Å². The molecule has 0 saturated carbocycles. The van der Waals surface area contributed by atoms with E-state index in [9.17, 15) is 9.90 Å². The van der Waals surface area contributed by atoms with Gasteiger partial charge in [0.1, 0.15) is 5.56 Å². The fourth-order valence-electron chi connectivity index (χ4n) is 1.93. The molecule has 0 saturated heterocycles. The van der Waals surface area contributed by atoms with Gasteiger partial charge in [0.2, 0.25) is 0 Å². The molecule has 20 heavy (non-hydrogen) atoms. The van der Waals surface area contributed by atoms with E-state index in [-0.39, 0.29) is 17.0 Å². The van der Waals surface area contributed by atoms with Crippen molar-refractivity contribution in [2.75, 3.05) is 5.32 Å². The Labute approximate surface area is 120 Å². The average molecular weight is 279 g/mol. The Bertz CT molecular complexity index is 493. The first-order chi connectivity index (χ1) is 9.22. The van der Waals surface area contributed by atoms with E-state index in [0.29, 0.717) is 18.7 Å². The molecule has 5 nitrogen and oxygen atoms in total. The number of nitrogens with zero attached hydrogens (tertiary/aromatic N) is 2. The van der Waals surface area contributed by atoms with E-state index in [2.05, 4.69) is 36.3 Å². The molecule has 1 aromatic rings. The monoisotopic (exact) mass is 279 g/mol. The Balaban J connectivity index is 3.30. The van der Waals surface area contributed by atoms with Crippen LogP contribution in [0.2, 0.25) is 0 Å². The lowest BCUT2D eigenvalue weighted by molar-refractivity contribution is 0.0696. The predicted molar refractivity (Wildman–Crippen MR) is 80.3 cm³/mol. The standard InChI is InChI=1S/C15H25N3O2/c1-7-10-11(8-2)17-18-13(12(10)14(19)20)16-9(3)15(4,5)6/h9H,7-8H2,1-6H3,(H,16,18)(H,19,20). The third-order valence-corrected chi connectivity index (χ3v) is 3.71. The van der Waals surface area contributed by atoms with Crippen LogP contribution >= 0.6 is 0 Å². The Kier molecular flexibility index (Phi) is 5.09. The van der Waals surface area contributed by atoms with Gasteiger partial charge >= 0.3 is 5.97 Å². The van der Waals surface area contributed by atoms with E-state index in [1.54, 1.807) is 0 Å². The molecule has 0 aliphatic heterocycles. The molecule has 112 valence electrons. The van der Waals surface area contributed by atoms with Crippen molar-refractivity contribution < 1.29 is 9.90 Å². The van der Waals surface area contributed by atoms with Gasteiger partial charge in [-0.05, 0) is 30.7 Å². The van der Waals surface area contributed by atoms with E-state index in [4.69, 9.17) is 0 Å². The van der Waals surface area contributed by atoms with E-state index < -0.39 is 5.97 Å². The zero-order chi connectivity index (χ0) is 15.5. The topological polar surface area (TPSA) is 75.1 Å². The molecule has 0 aliphatic carbocycles. The van der Waals surface area contributed by atoms with Gasteiger partial charge in [0.05, 0.1) is 5.69 Å². The maximum Gasteiger partial charge on any atom is 0.339 e. The molecular formula is C15H25N3O2. The first-order valence-corrected chi connectivity index (χ1v) is 7.10. The molecule has 2 N–H and O–H groups in total. The van der Waals surface area contributed by atoms with Crippen molar-refractivity contribution in [1.82, 2.24) is 10.2 Å². The highest BCUT2D eigenvalue weighted by Gasteiger charge is 2.25. The molecule has 1 unspecified atom stereocenters. The second-order valence-corrected chi connectivity index (χ2v) is 6.09. The van der Waals surface area contributed by atoms with Crippen molar-refractivity contribution in [3.8, 4) is 0 Å². The van der Waals surface area contributed by atoms with E-state index >= 15 is 0 Å². The molecule has 0 spiro atoms. The minimum atomic E-state index is -0.949. The summed E-state index contributed by atoms with van der Waals surface area (Å²) in [4.78, 5) is 11.6. The lowest BCUT2D eigenvalue weighted by Gasteiger charge is -2.29. The van der Waals surface area contributed by atoms with E-state index in [0.717, 1.165) is 11.3 Å². The van der Waals surface area contributed by atoms with Gasteiger partial charge in [-0.15, -0.1) is 5.10 Å². The minimum absolute atomic E-state index is 0.00720. The fourth-order valence-corrected chi connectivity index (χ4v) is 1.93. The summed E-state index contributed by atoms with van der Waals surface area (Å²) in [6.07, 6.45) is 1.32. The lowest BCUT2D eigenvalue weighted by Crippen LogP contribution is -2.32. The molecule has 5 heteroatoms. The molecular weight excluding hydrogens is 254 g/mol. The molecule has 0 bridgehead atoms. The van der Waals surface area contributed by atoms with Gasteiger partial charge in [-0.1, -0.05) is 34.6 Å². The van der Waals surface area contributed by atoms with Crippen LogP contribution in [0.25, 0.3) is 0 Å². The SMILES string of the molecule is CCc1nnc(NC(C)C(C)(C)C)c(C(=O)O)c1CC. The summed E-state index contributed by atoms with van der Waals surface area (Å²) in [6.45, 7) is 12.2. The zero-order valence-electron chi connectivity index (χ0n) is 13.2. The predicted octanol–water partition coefficient (Wildman–Crippen LogP) is 3.15. The summed E-state index contributed by atoms with van der Waals surface area (Å²) < 4.78 is 0. The maximum absolute atomic E-state index is 11.6. The van der Waals surface area contributed by atoms with Gasteiger partial charge in [0.15, 0.2) is 5.82 Å². The normalized spacial score (nSPS) is 13.1. The summed E-state index contributed by atoms with van der Waals surface area (Å²) >= 11 is 0. The number of anilines is 1. The van der Waals surface area contributed by atoms with Gasteiger partial charge in [-0.2, -0.15) is 5.10 Å². The number of hydrogen-bond donors (Lipinski definition) is 2. The zero-order valence-corrected chi connectivity index (χ0v) is 13.2. The van der Waals surface area contributed by atoms with Crippen molar-refractivity contribution in [3.63, 3.8) is 0 Å². The summed E-state index contributed by atoms with van der Waals surface area (Å²) in [5.41, 5.74) is 1.81. The first kappa shape index (κ1) is 16.4. The second-order valence-electron chi connectivity index (χ2n) is 6.09. The minimum Gasteiger partial charge on any atom is -0.478 e. The maximum atomic E-state index is 11.6. The Morgan fingerprint density at radius 1 is 1.25 bits per heavy atom. The summed E-state index contributed by atoms with van der Waals surface area (Å²) in [6, 6.07) is 0.0899. The highest BCUT2D eigenvalue weighted by molar-refractivity contribution is 5.95. The fraction of sp³-hybridized carbons (Fsp3) is 0.667. The van der Waals surface area contributed by atoms with Crippen molar-refractivity contribution >= 4 is 11.8 Å². The van der Waals surface area contributed by atoms with E-state index in [1.807, 2.05) is 20.8 Å². The molecule has 1 atom stereocenters. The molecule has 0 radical (unpaired) electrons. The number of aromatic nitrogens is 2. The van der Waals surface area contributed by atoms with Crippen LogP contribution in [0.3, 0.4) is 0 Å². The molecule has 1 aromatic heterocycles. The van der Waals surface area contributed by atoms with Crippen molar-refractivity contribution in [2.24, 2.45) is 5.41 Å². The van der Waals surface area contributed by atoms with Crippen LogP contribution < -0.4 is 5.32 Å². The average Bonchev–Trinajstić information content (AvgIpc) is 2.36. The Morgan fingerprint density at radius 3 is 2.25 bits per heavy atom. The van der Waals surface area contributed by atoms with Gasteiger partial charge < -0.3 is 10.4 Å². The largest absolute Gasteiger partial charge is 0.478 e. The van der Waals surface area contributed by atoms with Crippen LogP contribution in [0.4, 0.5) is 5.82 Å². The molecule has 0 fully saturated rings. The Morgan fingerprint density at radius 2 is 1.85 bits per heavy atom. The molecule has 1 heterocycles. The number of rotatable bonds is 5. The quantitative estimate of drug-likeness (QED) is 0.866. The van der Waals surface area contributed by atoms with Crippen LogP contribution in [0, 0.1) is 5.41 Å². The van der Waals surface area contributed by atoms with Gasteiger partial charge in [0.25, 0.3) is 0 Å². The highest BCUT2D eigenvalue weighted by Crippen LogP contribution is 2.26. The molecule has 0 aromatic carbocycles. The third-order valence-electron chi connectivity index (χ3n) is 3.71. The molecule has 0 aliphatic rings. The first-order valence-electron chi connectivity index (χ1n) is 7.10. The number of hydrogen-bond acceptors (Lipinski definition) is 4. The van der Waals surface area contributed by atoms with Crippen LogP contribution in [0.1, 0.15) is 63.2 Å². The van der Waals surface area contributed by atoms with Crippen LogP contribution in [-0.4, -0.2) is 27.3 Å². The summed E-state index contributed by atoms with van der Waals surface area (Å²) in [5.74, 6) is -0.580.